The topological polar surface area (TPSA) is 86.8 Å². The van der Waals surface area contributed by atoms with Crippen LogP contribution >= 0.6 is 11.8 Å². The highest BCUT2D eigenvalue weighted by molar-refractivity contribution is 7.98. The van der Waals surface area contributed by atoms with E-state index in [2.05, 4.69) is 5.32 Å². The number of benzene rings is 3. The average Bonchev–Trinajstić information content (AvgIpc) is 2.92. The van der Waals surface area contributed by atoms with Crippen LogP contribution in [0.1, 0.15) is 24.5 Å². The summed E-state index contributed by atoms with van der Waals surface area (Å²) in [5.41, 5.74) is 1.87. The lowest BCUT2D eigenvalue weighted by Crippen LogP contribution is -2.51. The Morgan fingerprint density at radius 1 is 0.974 bits per heavy atom. The molecule has 0 fully saturated rings. The van der Waals surface area contributed by atoms with Gasteiger partial charge in [0.25, 0.3) is 10.0 Å². The molecule has 2 amide bonds. The van der Waals surface area contributed by atoms with E-state index >= 15 is 0 Å². The second-order valence-corrected chi connectivity index (χ2v) is 11.5. The van der Waals surface area contributed by atoms with Gasteiger partial charge in [-0.1, -0.05) is 36.8 Å². The van der Waals surface area contributed by atoms with Gasteiger partial charge in [-0.3, -0.25) is 13.9 Å². The van der Waals surface area contributed by atoms with Gasteiger partial charge in [-0.2, -0.15) is 0 Å². The average molecular weight is 558 g/mol. The number of nitrogens with one attached hydrogen (secondary N) is 1. The molecule has 7 nitrogen and oxygen atoms in total. The maximum Gasteiger partial charge on any atom is 0.264 e. The number of sulfonamides is 1. The third kappa shape index (κ3) is 6.93. The summed E-state index contributed by atoms with van der Waals surface area (Å²) in [6.45, 7) is 3.14. The van der Waals surface area contributed by atoms with Crippen LogP contribution in [0.5, 0.6) is 0 Å². The second-order valence-electron chi connectivity index (χ2n) is 8.71. The van der Waals surface area contributed by atoms with Gasteiger partial charge in [0.05, 0.1) is 10.6 Å². The molecule has 0 saturated heterocycles. The van der Waals surface area contributed by atoms with Crippen LogP contribution in [0.15, 0.2) is 82.6 Å². The Labute approximate surface area is 228 Å². The minimum atomic E-state index is -4.13. The van der Waals surface area contributed by atoms with Crippen LogP contribution in [0.3, 0.4) is 0 Å². The van der Waals surface area contributed by atoms with Gasteiger partial charge in [0.1, 0.15) is 18.4 Å². The third-order valence-electron chi connectivity index (χ3n) is 6.15. The van der Waals surface area contributed by atoms with E-state index in [0.29, 0.717) is 17.7 Å². The second kappa shape index (κ2) is 12.9. The fourth-order valence-electron chi connectivity index (χ4n) is 3.99. The normalized spacial score (nSPS) is 12.0. The van der Waals surface area contributed by atoms with Gasteiger partial charge in [0, 0.05) is 18.5 Å². The number of halogens is 1. The number of likely N-dealkylation sites (N-methyl/N-ethyl adjacent to an activating group) is 1. The van der Waals surface area contributed by atoms with Crippen LogP contribution in [0.4, 0.5) is 10.1 Å². The Morgan fingerprint density at radius 3 is 2.11 bits per heavy atom. The van der Waals surface area contributed by atoms with Crippen LogP contribution in [-0.4, -0.2) is 51.0 Å². The minimum Gasteiger partial charge on any atom is -0.357 e. The number of hydrogen-bond acceptors (Lipinski definition) is 5. The zero-order valence-corrected chi connectivity index (χ0v) is 23.5. The lowest BCUT2D eigenvalue weighted by Gasteiger charge is -2.33. The summed E-state index contributed by atoms with van der Waals surface area (Å²) in [5.74, 6) is -1.36. The first-order valence-electron chi connectivity index (χ1n) is 12.1. The van der Waals surface area contributed by atoms with Gasteiger partial charge in [-0.05, 0) is 73.7 Å². The molecule has 1 unspecified atom stereocenters. The first kappa shape index (κ1) is 29.2. The van der Waals surface area contributed by atoms with Gasteiger partial charge in [-0.15, -0.1) is 11.8 Å². The molecule has 3 rings (SSSR count). The maximum absolute atomic E-state index is 13.8. The highest BCUT2D eigenvalue weighted by atomic mass is 32.2. The van der Waals surface area contributed by atoms with Crippen molar-refractivity contribution < 1.29 is 22.4 Å². The molecule has 0 spiro atoms. The van der Waals surface area contributed by atoms with Crippen molar-refractivity contribution in [2.24, 2.45) is 0 Å². The van der Waals surface area contributed by atoms with E-state index in [9.17, 15) is 22.4 Å². The zero-order chi connectivity index (χ0) is 27.9. The highest BCUT2D eigenvalue weighted by Crippen LogP contribution is 2.26. The molecule has 38 heavy (non-hydrogen) atoms. The monoisotopic (exact) mass is 557 g/mol. The number of anilines is 1. The Bertz CT molecular complexity index is 1350. The lowest BCUT2D eigenvalue weighted by atomic mass is 10.1. The summed E-state index contributed by atoms with van der Waals surface area (Å²) in [5, 5.41) is 2.58. The Morgan fingerprint density at radius 2 is 1.58 bits per heavy atom. The van der Waals surface area contributed by atoms with Crippen LogP contribution < -0.4 is 9.62 Å². The Kier molecular flexibility index (Phi) is 9.93. The van der Waals surface area contributed by atoms with Crippen molar-refractivity contribution in [1.82, 2.24) is 10.2 Å². The summed E-state index contributed by atoms with van der Waals surface area (Å²) in [6.07, 6.45) is 2.20. The molecule has 0 aliphatic heterocycles. The zero-order valence-electron chi connectivity index (χ0n) is 21.8. The van der Waals surface area contributed by atoms with E-state index < -0.39 is 34.3 Å². The van der Waals surface area contributed by atoms with E-state index in [1.807, 2.05) is 13.2 Å². The van der Waals surface area contributed by atoms with E-state index in [1.54, 1.807) is 43.3 Å². The number of amides is 2. The number of carbonyl (C=O) groups excluding carboxylic acids is 2. The van der Waals surface area contributed by atoms with Crippen molar-refractivity contribution in [3.05, 3.63) is 89.7 Å². The quantitative estimate of drug-likeness (QED) is 0.348. The summed E-state index contributed by atoms with van der Waals surface area (Å²) in [7, 11) is -2.65. The molecule has 10 heteroatoms. The largest absolute Gasteiger partial charge is 0.357 e. The molecular formula is C28H32FN3O4S2. The number of nitrogens with zero attached hydrogens (tertiary/aromatic N) is 2. The first-order valence-corrected chi connectivity index (χ1v) is 14.8. The third-order valence-corrected chi connectivity index (χ3v) is 8.68. The number of hydrogen-bond donors (Lipinski definition) is 1. The summed E-state index contributed by atoms with van der Waals surface area (Å²) >= 11 is 1.49. The van der Waals surface area contributed by atoms with Crippen molar-refractivity contribution >= 4 is 39.3 Å². The van der Waals surface area contributed by atoms with Crippen molar-refractivity contribution in [3.8, 4) is 0 Å². The highest BCUT2D eigenvalue weighted by Gasteiger charge is 2.33. The lowest BCUT2D eigenvalue weighted by molar-refractivity contribution is -0.140. The van der Waals surface area contributed by atoms with E-state index in [-0.39, 0.29) is 17.3 Å². The molecule has 0 aliphatic carbocycles. The fraction of sp³-hybridized carbons (Fsp3) is 0.286. The van der Waals surface area contributed by atoms with Crippen LogP contribution in [0.25, 0.3) is 0 Å². The Balaban J connectivity index is 2.04. The van der Waals surface area contributed by atoms with Crippen molar-refractivity contribution in [3.63, 3.8) is 0 Å². The van der Waals surface area contributed by atoms with Crippen LogP contribution in [0, 0.1) is 12.7 Å². The predicted octanol–water partition coefficient (Wildman–Crippen LogP) is 4.60. The number of carbonyl (C=O) groups is 2. The van der Waals surface area contributed by atoms with E-state index in [4.69, 9.17) is 0 Å². The molecule has 202 valence electrons. The molecule has 0 aromatic heterocycles. The molecule has 1 atom stereocenters. The molecule has 3 aromatic rings. The predicted molar refractivity (Wildman–Crippen MR) is 149 cm³/mol. The van der Waals surface area contributed by atoms with Gasteiger partial charge < -0.3 is 10.2 Å². The standard InChI is InChI=1S/C28H32FN3O4S2/c1-5-26(28(34)30-3)31(18-21-8-10-22(29)11-9-21)27(33)19-32(23-12-6-20(2)7-13-23)38(35,36)25-16-14-24(37-4)15-17-25/h6-17,26H,5,18-19H2,1-4H3,(H,30,34). The van der Waals surface area contributed by atoms with E-state index in [0.717, 1.165) is 14.8 Å². The molecule has 0 heterocycles. The molecule has 1 N–H and O–H groups in total. The number of rotatable bonds is 11. The Hall–Kier alpha value is -3.37. The van der Waals surface area contributed by atoms with Gasteiger partial charge in [-0.25, -0.2) is 12.8 Å². The van der Waals surface area contributed by atoms with Gasteiger partial charge in [0.15, 0.2) is 0 Å². The van der Waals surface area contributed by atoms with Crippen LogP contribution in [-0.2, 0) is 26.2 Å². The summed E-state index contributed by atoms with van der Waals surface area (Å²) < 4.78 is 42.2. The van der Waals surface area contributed by atoms with Gasteiger partial charge >= 0.3 is 0 Å². The molecular weight excluding hydrogens is 525 g/mol. The molecule has 0 bridgehead atoms. The minimum absolute atomic E-state index is 0.00917. The van der Waals surface area contributed by atoms with E-state index in [1.165, 1.54) is 60.1 Å². The van der Waals surface area contributed by atoms with Crippen molar-refractivity contribution in [2.45, 2.75) is 42.6 Å². The number of thioether (sulfide) groups is 1. The van der Waals surface area contributed by atoms with Crippen LogP contribution in [0.2, 0.25) is 0 Å². The summed E-state index contributed by atoms with van der Waals surface area (Å²) in [6, 6.07) is 18.1. The fourth-order valence-corrected chi connectivity index (χ4v) is 5.81. The van der Waals surface area contributed by atoms with Gasteiger partial charge in [0.2, 0.25) is 11.8 Å². The molecule has 0 aliphatic rings. The molecule has 3 aromatic carbocycles. The number of aryl methyl sites for hydroxylation is 1. The SMILES string of the molecule is CCC(C(=O)NC)N(Cc1ccc(F)cc1)C(=O)CN(c1ccc(C)cc1)S(=O)(=O)c1ccc(SC)cc1. The smallest absolute Gasteiger partial charge is 0.264 e. The molecule has 0 saturated carbocycles. The molecule has 0 radical (unpaired) electrons. The van der Waals surface area contributed by atoms with Crippen molar-refractivity contribution in [2.75, 3.05) is 24.2 Å². The maximum atomic E-state index is 13.8. The first-order chi connectivity index (χ1) is 18.1. The summed E-state index contributed by atoms with van der Waals surface area (Å²) in [4.78, 5) is 28.8. The van der Waals surface area contributed by atoms with Crippen molar-refractivity contribution in [1.29, 1.82) is 0 Å².